The minimum absolute atomic E-state index is 0.00134. The molecule has 0 aliphatic heterocycles. The number of aliphatic imine (C=N–C) groups is 2. The summed E-state index contributed by atoms with van der Waals surface area (Å²) >= 11 is 0. The van der Waals surface area contributed by atoms with E-state index in [0.717, 1.165) is 43.9 Å². The van der Waals surface area contributed by atoms with Gasteiger partial charge in [-0.25, -0.2) is 9.98 Å². The lowest BCUT2D eigenvalue weighted by Gasteiger charge is -2.27. The van der Waals surface area contributed by atoms with E-state index in [4.69, 9.17) is 0 Å². The predicted molar refractivity (Wildman–Crippen MR) is 125 cm³/mol. The Kier molecular flexibility index (Phi) is 8.40. The Hall–Kier alpha value is -3.10. The van der Waals surface area contributed by atoms with Crippen molar-refractivity contribution in [2.75, 3.05) is 0 Å². The molecule has 35 heavy (non-hydrogen) atoms. The molecule has 1 N–H and O–H groups in total. The number of guanidine groups is 1. The van der Waals surface area contributed by atoms with Gasteiger partial charge < -0.3 is 5.32 Å². The van der Waals surface area contributed by atoms with Crippen molar-refractivity contribution >= 4 is 11.7 Å². The van der Waals surface area contributed by atoms with Gasteiger partial charge in [0.15, 0.2) is 0 Å². The van der Waals surface area contributed by atoms with Gasteiger partial charge in [0.25, 0.3) is 0 Å². The van der Waals surface area contributed by atoms with Gasteiger partial charge in [0, 0.05) is 11.6 Å². The van der Waals surface area contributed by atoms with Crippen molar-refractivity contribution in [1.29, 1.82) is 0 Å². The van der Waals surface area contributed by atoms with E-state index in [-0.39, 0.29) is 29.8 Å². The molecule has 0 spiro atoms. The lowest BCUT2D eigenvalue weighted by atomic mass is 9.87. The second-order valence-corrected chi connectivity index (χ2v) is 8.67. The van der Waals surface area contributed by atoms with Gasteiger partial charge in [0.1, 0.15) is 0 Å². The maximum absolute atomic E-state index is 13.4. The number of nitrogens with one attached hydrogen (secondary N) is 1. The molecule has 188 valence electrons. The molecule has 0 radical (unpaired) electrons. The highest BCUT2D eigenvalue weighted by atomic mass is 19.4. The lowest BCUT2D eigenvalue weighted by Crippen LogP contribution is -2.37. The van der Waals surface area contributed by atoms with Crippen molar-refractivity contribution in [2.45, 2.75) is 57.5 Å². The Balaban J connectivity index is 1.93. The number of hydrogen-bond acceptors (Lipinski definition) is 1. The van der Waals surface area contributed by atoms with Crippen molar-refractivity contribution in [3.8, 4) is 0 Å². The van der Waals surface area contributed by atoms with E-state index in [1.54, 1.807) is 0 Å². The molecule has 0 bridgehead atoms. The number of hydrogen-bond donors (Lipinski definition) is 1. The fourth-order valence-electron chi connectivity index (χ4n) is 3.97. The first-order valence-corrected chi connectivity index (χ1v) is 11.3. The van der Waals surface area contributed by atoms with Gasteiger partial charge in [-0.05, 0) is 61.4 Å². The van der Waals surface area contributed by atoms with Crippen molar-refractivity contribution in [1.82, 2.24) is 5.32 Å². The van der Waals surface area contributed by atoms with Crippen molar-refractivity contribution < 1.29 is 26.3 Å². The van der Waals surface area contributed by atoms with E-state index in [0.29, 0.717) is 11.5 Å². The third kappa shape index (κ3) is 7.44. The van der Waals surface area contributed by atoms with Gasteiger partial charge in [0.2, 0.25) is 5.96 Å². The minimum Gasteiger partial charge on any atom is -0.352 e. The van der Waals surface area contributed by atoms with Crippen LogP contribution in [-0.4, -0.2) is 17.7 Å². The molecule has 0 aromatic heterocycles. The van der Waals surface area contributed by atoms with Crippen LogP contribution >= 0.6 is 0 Å². The average Bonchev–Trinajstić information content (AvgIpc) is 2.81. The summed E-state index contributed by atoms with van der Waals surface area (Å²) in [6, 6.07) is 9.69. The van der Waals surface area contributed by atoms with E-state index in [1.807, 2.05) is 0 Å². The third-order valence-electron chi connectivity index (χ3n) is 6.00. The molecule has 0 saturated heterocycles. The standard InChI is InChI=1S/C26H27F6N3/c1-3-23(18-10-12-20(13-11-18)25(27,28)29)35-24(34-21-14-8-17(2)9-15-21)33-16-19-6-4-5-7-22(19)26(30,31)32/h3-7,10-13,17,21H,1,8-9,14-16H2,2H3,(H,33,34). The average molecular weight is 496 g/mol. The molecule has 0 amide bonds. The summed E-state index contributed by atoms with van der Waals surface area (Å²) in [7, 11) is 0. The number of benzene rings is 2. The van der Waals surface area contributed by atoms with Crippen molar-refractivity contribution in [2.24, 2.45) is 15.9 Å². The van der Waals surface area contributed by atoms with Crippen LogP contribution in [0.3, 0.4) is 0 Å². The van der Waals surface area contributed by atoms with Crippen LogP contribution in [0.1, 0.15) is 54.9 Å². The summed E-state index contributed by atoms with van der Waals surface area (Å²) in [5, 5.41) is 3.23. The first-order valence-electron chi connectivity index (χ1n) is 11.3. The summed E-state index contributed by atoms with van der Waals surface area (Å²) in [4.78, 5) is 8.79. The molecule has 3 rings (SSSR count). The first kappa shape index (κ1) is 26.5. The van der Waals surface area contributed by atoms with E-state index < -0.39 is 23.5 Å². The molecule has 1 aliphatic carbocycles. The third-order valence-corrected chi connectivity index (χ3v) is 6.00. The zero-order chi connectivity index (χ0) is 25.6. The zero-order valence-corrected chi connectivity index (χ0v) is 19.3. The maximum atomic E-state index is 13.4. The molecular weight excluding hydrogens is 468 g/mol. The minimum atomic E-state index is -4.52. The Labute approximate surface area is 200 Å². The fraction of sp³-hybridized carbons (Fsp3) is 0.385. The van der Waals surface area contributed by atoms with Gasteiger partial charge in [-0.3, -0.25) is 0 Å². The summed E-state index contributed by atoms with van der Waals surface area (Å²) in [5.74, 6) is 0.711. The van der Waals surface area contributed by atoms with Gasteiger partial charge >= 0.3 is 12.4 Å². The number of allylic oxidation sites excluding steroid dienone is 1. The largest absolute Gasteiger partial charge is 0.416 e. The fourth-order valence-corrected chi connectivity index (χ4v) is 3.97. The van der Waals surface area contributed by atoms with Crippen LogP contribution < -0.4 is 5.32 Å². The van der Waals surface area contributed by atoms with Gasteiger partial charge in [-0.2, -0.15) is 26.3 Å². The molecule has 0 unspecified atom stereocenters. The van der Waals surface area contributed by atoms with Crippen LogP contribution in [0.25, 0.3) is 0 Å². The molecule has 2 aromatic rings. The monoisotopic (exact) mass is 495 g/mol. The van der Waals surface area contributed by atoms with Crippen LogP contribution in [0, 0.1) is 5.92 Å². The van der Waals surface area contributed by atoms with E-state index in [9.17, 15) is 26.3 Å². The SMILES string of the molecule is C=CC(=NC(=NCc1ccccc1C(F)(F)F)NC1CCC(C)CC1)c1ccc(C(F)(F)F)cc1. The molecule has 1 aliphatic rings. The number of alkyl halides is 6. The topological polar surface area (TPSA) is 36.8 Å². The van der Waals surface area contributed by atoms with Crippen LogP contribution in [0.2, 0.25) is 0 Å². The summed E-state index contributed by atoms with van der Waals surface area (Å²) < 4.78 is 79.0. The van der Waals surface area contributed by atoms with E-state index in [2.05, 4.69) is 28.8 Å². The summed E-state index contributed by atoms with van der Waals surface area (Å²) in [5.41, 5.74) is -0.919. The van der Waals surface area contributed by atoms with E-state index in [1.165, 1.54) is 36.4 Å². The zero-order valence-electron chi connectivity index (χ0n) is 19.3. The van der Waals surface area contributed by atoms with Crippen LogP contribution in [0.15, 0.2) is 71.2 Å². The molecule has 0 atom stereocenters. The molecule has 9 heteroatoms. The number of nitrogens with zero attached hydrogens (tertiary/aromatic N) is 2. The first-order chi connectivity index (χ1) is 16.5. The summed E-state index contributed by atoms with van der Waals surface area (Å²) in [6.45, 7) is 5.60. The molecule has 1 fully saturated rings. The van der Waals surface area contributed by atoms with Crippen molar-refractivity contribution in [3.05, 3.63) is 83.4 Å². The molecule has 1 saturated carbocycles. The molecule has 3 nitrogen and oxygen atoms in total. The van der Waals surface area contributed by atoms with Crippen LogP contribution in [0.5, 0.6) is 0 Å². The number of halogens is 6. The molecule has 0 heterocycles. The molecular formula is C26H27F6N3. The maximum Gasteiger partial charge on any atom is 0.416 e. The van der Waals surface area contributed by atoms with Gasteiger partial charge in [0.05, 0.1) is 23.4 Å². The highest BCUT2D eigenvalue weighted by Crippen LogP contribution is 2.32. The second-order valence-electron chi connectivity index (χ2n) is 8.67. The van der Waals surface area contributed by atoms with Crippen molar-refractivity contribution in [3.63, 3.8) is 0 Å². The quantitative estimate of drug-likeness (QED) is 0.262. The normalized spacial score (nSPS) is 20.0. The molecule has 2 aromatic carbocycles. The highest BCUT2D eigenvalue weighted by molar-refractivity contribution is 6.13. The van der Waals surface area contributed by atoms with Crippen LogP contribution in [0.4, 0.5) is 26.3 Å². The second kappa shape index (κ2) is 11.1. The predicted octanol–water partition coefficient (Wildman–Crippen LogP) is 7.42. The smallest absolute Gasteiger partial charge is 0.352 e. The summed E-state index contributed by atoms with van der Waals surface area (Å²) in [6.07, 6.45) is -3.89. The van der Waals surface area contributed by atoms with Crippen LogP contribution in [-0.2, 0) is 18.9 Å². The van der Waals surface area contributed by atoms with Gasteiger partial charge in [-0.1, -0.05) is 43.8 Å². The Morgan fingerprint density at radius 2 is 1.57 bits per heavy atom. The van der Waals surface area contributed by atoms with Gasteiger partial charge in [-0.15, -0.1) is 0 Å². The highest BCUT2D eigenvalue weighted by Gasteiger charge is 2.33. The Morgan fingerprint density at radius 3 is 2.14 bits per heavy atom. The Bertz CT molecular complexity index is 1060. The van der Waals surface area contributed by atoms with E-state index >= 15 is 0 Å². The number of rotatable bonds is 5. The Morgan fingerprint density at radius 1 is 0.943 bits per heavy atom. The lowest BCUT2D eigenvalue weighted by molar-refractivity contribution is -0.138.